The molecule has 2 amide bonds. The highest BCUT2D eigenvalue weighted by atomic mass is 32.2. The van der Waals surface area contributed by atoms with Gasteiger partial charge in [-0.25, -0.2) is 0 Å². The van der Waals surface area contributed by atoms with Crippen LogP contribution in [-0.4, -0.2) is 55.6 Å². The third-order valence-electron chi connectivity index (χ3n) is 5.06. The van der Waals surface area contributed by atoms with Gasteiger partial charge in [0.25, 0.3) is 5.91 Å². The second-order valence-electron chi connectivity index (χ2n) is 6.95. The highest BCUT2D eigenvalue weighted by molar-refractivity contribution is 8.01. The molecule has 1 aromatic heterocycles. The summed E-state index contributed by atoms with van der Waals surface area (Å²) >= 11 is 2.50. The molecule has 172 valence electrons. The fraction of sp³-hybridized carbons (Fsp3) is 0.273. The molecule has 1 aliphatic heterocycles. The molecule has 4 rings (SSSR count). The van der Waals surface area contributed by atoms with Crippen LogP contribution in [0.25, 0.3) is 0 Å². The molecule has 1 N–H and O–H groups in total. The Morgan fingerprint density at radius 1 is 1.09 bits per heavy atom. The third kappa shape index (κ3) is 4.88. The van der Waals surface area contributed by atoms with E-state index in [9.17, 15) is 9.59 Å². The summed E-state index contributed by atoms with van der Waals surface area (Å²) < 4.78 is 16.5. The highest BCUT2D eigenvalue weighted by Crippen LogP contribution is 2.38. The van der Waals surface area contributed by atoms with E-state index in [0.29, 0.717) is 38.8 Å². The third-order valence-corrected chi connectivity index (χ3v) is 7.02. The normalized spacial score (nSPS) is 12.3. The Morgan fingerprint density at radius 3 is 2.52 bits per heavy atom. The number of hydrogen-bond donors (Lipinski definition) is 1. The Kier molecular flexibility index (Phi) is 6.99. The number of nitrogens with zero attached hydrogens (tertiary/aromatic N) is 3. The van der Waals surface area contributed by atoms with Gasteiger partial charge in [-0.15, -0.1) is 10.2 Å². The summed E-state index contributed by atoms with van der Waals surface area (Å²) in [6.45, 7) is 0.685. The summed E-state index contributed by atoms with van der Waals surface area (Å²) in [5.74, 6) is 1.00. The van der Waals surface area contributed by atoms with Crippen LogP contribution in [0, 0.1) is 0 Å². The molecule has 11 heteroatoms. The average Bonchev–Trinajstić information content (AvgIpc) is 3.48. The number of ether oxygens (including phenoxy) is 3. The molecule has 2 aromatic carbocycles. The summed E-state index contributed by atoms with van der Waals surface area (Å²) in [6, 6.07) is 11.0. The van der Waals surface area contributed by atoms with Crippen molar-refractivity contribution >= 4 is 45.7 Å². The number of fused-ring (bicyclic) bond motifs is 1. The topological polar surface area (TPSA) is 103 Å². The number of rotatable bonds is 8. The standard InChI is InChI=1S/C22H22N4O5S2/c1-29-16-10-14(11-17(30-2)19(16)31-3)20(28)23-21-24-25-22(33-21)32-12-18(27)26-9-8-13-6-4-5-7-15(13)26/h4-7,10-11H,8-9,12H2,1-3H3,(H,23,24,28). The number of methoxy groups -OCH3 is 3. The summed E-state index contributed by atoms with van der Waals surface area (Å²) in [5.41, 5.74) is 2.47. The summed E-state index contributed by atoms with van der Waals surface area (Å²) in [4.78, 5) is 27.2. The van der Waals surface area contributed by atoms with Crippen LogP contribution in [0.4, 0.5) is 10.8 Å². The molecule has 0 spiro atoms. The first-order valence-electron chi connectivity index (χ1n) is 10.00. The van der Waals surface area contributed by atoms with Crippen molar-refractivity contribution in [2.45, 2.75) is 10.8 Å². The van der Waals surface area contributed by atoms with Gasteiger partial charge in [0.1, 0.15) is 0 Å². The molecule has 0 fully saturated rings. The molecule has 3 aromatic rings. The lowest BCUT2D eigenvalue weighted by Crippen LogP contribution is -2.30. The maximum absolute atomic E-state index is 12.7. The van der Waals surface area contributed by atoms with Crippen LogP contribution in [-0.2, 0) is 11.2 Å². The van der Waals surface area contributed by atoms with E-state index in [2.05, 4.69) is 15.5 Å². The van der Waals surface area contributed by atoms with E-state index in [-0.39, 0.29) is 11.7 Å². The first-order valence-corrected chi connectivity index (χ1v) is 11.8. The monoisotopic (exact) mass is 486 g/mol. The van der Waals surface area contributed by atoms with Gasteiger partial charge in [0, 0.05) is 17.8 Å². The van der Waals surface area contributed by atoms with E-state index in [1.807, 2.05) is 24.3 Å². The van der Waals surface area contributed by atoms with Crippen LogP contribution < -0.4 is 24.4 Å². The number of thioether (sulfide) groups is 1. The van der Waals surface area contributed by atoms with Gasteiger partial charge >= 0.3 is 0 Å². The van der Waals surface area contributed by atoms with Crippen molar-refractivity contribution < 1.29 is 23.8 Å². The SMILES string of the molecule is COc1cc(C(=O)Nc2nnc(SCC(=O)N3CCc4ccccc43)s2)cc(OC)c1OC. The van der Waals surface area contributed by atoms with E-state index >= 15 is 0 Å². The first-order chi connectivity index (χ1) is 16.0. The largest absolute Gasteiger partial charge is 0.493 e. The molecule has 1 aliphatic rings. The van der Waals surface area contributed by atoms with Gasteiger partial charge in [0.2, 0.25) is 16.8 Å². The summed E-state index contributed by atoms with van der Waals surface area (Å²) in [6.07, 6.45) is 0.864. The predicted molar refractivity (Wildman–Crippen MR) is 127 cm³/mol. The molecule has 33 heavy (non-hydrogen) atoms. The lowest BCUT2D eigenvalue weighted by molar-refractivity contribution is -0.116. The quantitative estimate of drug-likeness (QED) is 0.381. The van der Waals surface area contributed by atoms with Crippen LogP contribution >= 0.6 is 23.1 Å². The van der Waals surface area contributed by atoms with Crippen molar-refractivity contribution in [2.75, 3.05) is 43.8 Å². The molecule has 0 saturated heterocycles. The van der Waals surface area contributed by atoms with Crippen molar-refractivity contribution in [3.8, 4) is 17.2 Å². The van der Waals surface area contributed by atoms with E-state index in [0.717, 1.165) is 12.1 Å². The zero-order chi connectivity index (χ0) is 23.4. The highest BCUT2D eigenvalue weighted by Gasteiger charge is 2.24. The number of aromatic nitrogens is 2. The van der Waals surface area contributed by atoms with Gasteiger partial charge < -0.3 is 19.1 Å². The molecule has 0 radical (unpaired) electrons. The molecule has 0 atom stereocenters. The maximum Gasteiger partial charge on any atom is 0.257 e. The Hall–Kier alpha value is -3.31. The summed E-state index contributed by atoms with van der Waals surface area (Å²) in [7, 11) is 4.46. The average molecular weight is 487 g/mol. The molecule has 2 heterocycles. The number of nitrogens with one attached hydrogen (secondary N) is 1. The number of anilines is 2. The number of carbonyl (C=O) groups excluding carboxylic acids is 2. The zero-order valence-corrected chi connectivity index (χ0v) is 19.9. The van der Waals surface area contributed by atoms with Crippen molar-refractivity contribution in [1.82, 2.24) is 10.2 Å². The fourth-order valence-electron chi connectivity index (χ4n) is 3.50. The van der Waals surface area contributed by atoms with Crippen LogP contribution in [0.5, 0.6) is 17.2 Å². The van der Waals surface area contributed by atoms with E-state index in [4.69, 9.17) is 14.2 Å². The van der Waals surface area contributed by atoms with Gasteiger partial charge in [-0.1, -0.05) is 41.3 Å². The number of benzene rings is 2. The predicted octanol–water partition coefficient (Wildman–Crippen LogP) is 3.50. The maximum atomic E-state index is 12.7. The van der Waals surface area contributed by atoms with E-state index < -0.39 is 5.91 Å². The van der Waals surface area contributed by atoms with Gasteiger partial charge in [-0.05, 0) is 30.2 Å². The zero-order valence-electron chi connectivity index (χ0n) is 18.3. The number of hydrogen-bond acceptors (Lipinski definition) is 9. The molecular formula is C22H22N4O5S2. The molecule has 0 unspecified atom stereocenters. The van der Waals surface area contributed by atoms with E-state index in [1.165, 1.54) is 50.0 Å². The van der Waals surface area contributed by atoms with Gasteiger partial charge in [0.05, 0.1) is 27.1 Å². The molecular weight excluding hydrogens is 464 g/mol. The number of para-hydroxylation sites is 1. The second kappa shape index (κ2) is 10.1. The minimum atomic E-state index is -0.397. The minimum absolute atomic E-state index is 0.0168. The van der Waals surface area contributed by atoms with Crippen LogP contribution in [0.3, 0.4) is 0 Å². The Bertz CT molecular complexity index is 1160. The van der Waals surface area contributed by atoms with Crippen molar-refractivity contribution in [2.24, 2.45) is 0 Å². The second-order valence-corrected chi connectivity index (χ2v) is 9.15. The van der Waals surface area contributed by atoms with Crippen molar-refractivity contribution in [3.05, 3.63) is 47.5 Å². The Balaban J connectivity index is 1.38. The van der Waals surface area contributed by atoms with Crippen LogP contribution in [0.15, 0.2) is 40.7 Å². The molecule has 0 aliphatic carbocycles. The Morgan fingerprint density at radius 2 is 1.82 bits per heavy atom. The molecule has 0 bridgehead atoms. The minimum Gasteiger partial charge on any atom is -0.493 e. The van der Waals surface area contributed by atoms with Crippen LogP contribution in [0.1, 0.15) is 15.9 Å². The fourth-order valence-corrected chi connectivity index (χ4v) is 5.12. The van der Waals surface area contributed by atoms with E-state index in [1.54, 1.807) is 17.0 Å². The van der Waals surface area contributed by atoms with Crippen LogP contribution in [0.2, 0.25) is 0 Å². The van der Waals surface area contributed by atoms with Gasteiger partial charge in [0.15, 0.2) is 15.8 Å². The smallest absolute Gasteiger partial charge is 0.257 e. The number of carbonyl (C=O) groups is 2. The van der Waals surface area contributed by atoms with Crippen molar-refractivity contribution in [1.29, 1.82) is 0 Å². The lowest BCUT2D eigenvalue weighted by atomic mass is 10.1. The lowest BCUT2D eigenvalue weighted by Gasteiger charge is -2.16. The van der Waals surface area contributed by atoms with Gasteiger partial charge in [-0.2, -0.15) is 0 Å². The molecule has 0 saturated carbocycles. The number of amides is 2. The Labute approximate surface area is 199 Å². The van der Waals surface area contributed by atoms with Crippen molar-refractivity contribution in [3.63, 3.8) is 0 Å². The molecule has 9 nitrogen and oxygen atoms in total. The summed E-state index contributed by atoms with van der Waals surface area (Å²) in [5, 5.41) is 11.1. The van der Waals surface area contributed by atoms with Gasteiger partial charge in [-0.3, -0.25) is 14.9 Å². The first kappa shape index (κ1) is 22.9.